The van der Waals surface area contributed by atoms with Gasteiger partial charge in [-0.25, -0.2) is 0 Å². The predicted molar refractivity (Wildman–Crippen MR) is 76.1 cm³/mol. The van der Waals surface area contributed by atoms with Crippen LogP contribution in [0, 0.1) is 5.41 Å². The lowest BCUT2D eigenvalue weighted by Crippen LogP contribution is -2.46. The molecule has 1 aromatic heterocycles. The third-order valence-corrected chi connectivity index (χ3v) is 4.20. The van der Waals surface area contributed by atoms with E-state index in [0.29, 0.717) is 18.6 Å². The number of hydrogen-bond donors (Lipinski definition) is 3. The molecule has 1 heterocycles. The Bertz CT molecular complexity index is 469. The number of carbonyl (C=O) groups is 1. The molecular weight excluding hydrogens is 256 g/mol. The van der Waals surface area contributed by atoms with Gasteiger partial charge < -0.3 is 20.6 Å². The summed E-state index contributed by atoms with van der Waals surface area (Å²) < 4.78 is 5.28. The van der Waals surface area contributed by atoms with E-state index >= 15 is 0 Å². The SMILES string of the molecule is CC1(C)CCC(O)(CNC(=O)c2ccc(CN)o2)CC1. The zero-order valence-electron chi connectivity index (χ0n) is 12.2. The van der Waals surface area contributed by atoms with E-state index in [2.05, 4.69) is 19.2 Å². The van der Waals surface area contributed by atoms with Crippen molar-refractivity contribution in [3.05, 3.63) is 23.7 Å². The number of aliphatic hydroxyl groups is 1. The summed E-state index contributed by atoms with van der Waals surface area (Å²) in [5, 5.41) is 13.2. The Morgan fingerprint density at radius 3 is 2.55 bits per heavy atom. The Hall–Kier alpha value is -1.33. The van der Waals surface area contributed by atoms with Crippen LogP contribution in [0.5, 0.6) is 0 Å². The summed E-state index contributed by atoms with van der Waals surface area (Å²) in [5.41, 5.74) is 4.92. The lowest BCUT2D eigenvalue weighted by Gasteiger charge is -2.40. The molecule has 1 aromatic rings. The molecule has 0 atom stereocenters. The van der Waals surface area contributed by atoms with Crippen molar-refractivity contribution in [1.82, 2.24) is 5.32 Å². The highest BCUT2D eigenvalue weighted by molar-refractivity contribution is 5.91. The van der Waals surface area contributed by atoms with Gasteiger partial charge in [0, 0.05) is 6.54 Å². The molecule has 0 bridgehead atoms. The molecule has 0 aliphatic heterocycles. The summed E-state index contributed by atoms with van der Waals surface area (Å²) in [4.78, 5) is 11.9. The van der Waals surface area contributed by atoms with Gasteiger partial charge in [-0.05, 0) is 43.2 Å². The first-order valence-electron chi connectivity index (χ1n) is 7.13. The zero-order valence-corrected chi connectivity index (χ0v) is 12.2. The number of hydrogen-bond acceptors (Lipinski definition) is 4. The largest absolute Gasteiger partial charge is 0.455 e. The van der Waals surface area contributed by atoms with Crippen LogP contribution in [0.15, 0.2) is 16.5 Å². The minimum atomic E-state index is -0.797. The molecule has 1 aliphatic rings. The van der Waals surface area contributed by atoms with Crippen molar-refractivity contribution in [2.45, 2.75) is 51.7 Å². The lowest BCUT2D eigenvalue weighted by molar-refractivity contribution is -0.0234. The second kappa shape index (κ2) is 5.58. The van der Waals surface area contributed by atoms with Crippen molar-refractivity contribution in [2.24, 2.45) is 11.1 Å². The quantitative estimate of drug-likeness (QED) is 0.784. The summed E-state index contributed by atoms with van der Waals surface area (Å²) in [6.45, 7) is 4.96. The second-order valence-corrected chi connectivity index (χ2v) is 6.54. The maximum atomic E-state index is 11.9. The number of amides is 1. The molecule has 0 unspecified atom stereocenters. The summed E-state index contributed by atoms with van der Waals surface area (Å²) in [5.74, 6) is 0.515. The molecule has 0 aromatic carbocycles. The lowest BCUT2D eigenvalue weighted by atomic mass is 9.71. The van der Waals surface area contributed by atoms with E-state index < -0.39 is 5.60 Å². The fraction of sp³-hybridized carbons (Fsp3) is 0.667. The van der Waals surface area contributed by atoms with Crippen molar-refractivity contribution in [3.63, 3.8) is 0 Å². The van der Waals surface area contributed by atoms with Crippen LogP contribution in [0.3, 0.4) is 0 Å². The number of furan rings is 1. The van der Waals surface area contributed by atoms with Gasteiger partial charge in [-0.1, -0.05) is 13.8 Å². The van der Waals surface area contributed by atoms with E-state index in [1.807, 2.05) is 0 Å². The molecule has 112 valence electrons. The third kappa shape index (κ3) is 3.61. The van der Waals surface area contributed by atoms with Gasteiger partial charge >= 0.3 is 0 Å². The van der Waals surface area contributed by atoms with Crippen LogP contribution in [0.4, 0.5) is 0 Å². The van der Waals surface area contributed by atoms with E-state index in [1.165, 1.54) is 0 Å². The van der Waals surface area contributed by atoms with Gasteiger partial charge in [0.05, 0.1) is 12.1 Å². The van der Waals surface area contributed by atoms with Gasteiger partial charge in [-0.15, -0.1) is 0 Å². The number of nitrogens with one attached hydrogen (secondary N) is 1. The second-order valence-electron chi connectivity index (χ2n) is 6.54. The van der Waals surface area contributed by atoms with Gasteiger partial charge in [0.2, 0.25) is 0 Å². The van der Waals surface area contributed by atoms with E-state index in [4.69, 9.17) is 10.2 Å². The maximum Gasteiger partial charge on any atom is 0.287 e. The molecule has 1 saturated carbocycles. The normalized spacial score (nSPS) is 20.6. The Balaban J connectivity index is 1.87. The molecule has 4 N–H and O–H groups in total. The van der Waals surface area contributed by atoms with Gasteiger partial charge in [-0.3, -0.25) is 4.79 Å². The van der Waals surface area contributed by atoms with Crippen LogP contribution >= 0.6 is 0 Å². The van der Waals surface area contributed by atoms with Gasteiger partial charge in [0.25, 0.3) is 5.91 Å². The fourth-order valence-electron chi connectivity index (χ4n) is 2.51. The van der Waals surface area contributed by atoms with Gasteiger partial charge in [0.15, 0.2) is 5.76 Å². The average Bonchev–Trinajstić information content (AvgIpc) is 2.89. The fourth-order valence-corrected chi connectivity index (χ4v) is 2.51. The first kappa shape index (κ1) is 15.1. The molecular formula is C15H24N2O3. The molecule has 0 radical (unpaired) electrons. The van der Waals surface area contributed by atoms with Crippen LogP contribution in [0.1, 0.15) is 55.8 Å². The number of rotatable bonds is 4. The van der Waals surface area contributed by atoms with Crippen LogP contribution in [-0.2, 0) is 6.54 Å². The monoisotopic (exact) mass is 280 g/mol. The van der Waals surface area contributed by atoms with Crippen LogP contribution < -0.4 is 11.1 Å². The highest BCUT2D eigenvalue weighted by Crippen LogP contribution is 2.39. The van der Waals surface area contributed by atoms with Crippen LogP contribution in [-0.4, -0.2) is 23.2 Å². The Kier molecular flexibility index (Phi) is 4.20. The highest BCUT2D eigenvalue weighted by Gasteiger charge is 2.36. The summed E-state index contributed by atoms with van der Waals surface area (Å²) in [7, 11) is 0. The van der Waals surface area contributed by atoms with Crippen molar-refractivity contribution in [2.75, 3.05) is 6.54 Å². The first-order chi connectivity index (χ1) is 9.34. The maximum absolute atomic E-state index is 11.9. The summed E-state index contributed by atoms with van der Waals surface area (Å²) in [6, 6.07) is 3.29. The summed E-state index contributed by atoms with van der Waals surface area (Å²) >= 11 is 0. The molecule has 1 amide bonds. The zero-order chi connectivity index (χ0) is 14.8. The first-order valence-corrected chi connectivity index (χ1v) is 7.13. The van der Waals surface area contributed by atoms with E-state index in [1.54, 1.807) is 12.1 Å². The predicted octanol–water partition coefficient (Wildman–Crippen LogP) is 1.80. The van der Waals surface area contributed by atoms with Crippen molar-refractivity contribution in [3.8, 4) is 0 Å². The van der Waals surface area contributed by atoms with E-state index in [9.17, 15) is 9.90 Å². The molecule has 1 fully saturated rings. The third-order valence-electron chi connectivity index (χ3n) is 4.20. The number of carbonyl (C=O) groups excluding carboxylic acids is 1. The minimum Gasteiger partial charge on any atom is -0.455 e. The van der Waals surface area contributed by atoms with Crippen LogP contribution in [0.2, 0.25) is 0 Å². The summed E-state index contributed by atoms with van der Waals surface area (Å²) in [6.07, 6.45) is 3.37. The Morgan fingerprint density at radius 2 is 2.00 bits per heavy atom. The Morgan fingerprint density at radius 1 is 1.35 bits per heavy atom. The smallest absolute Gasteiger partial charge is 0.287 e. The number of nitrogens with two attached hydrogens (primary N) is 1. The molecule has 5 nitrogen and oxygen atoms in total. The topological polar surface area (TPSA) is 88.5 Å². The van der Waals surface area contributed by atoms with Gasteiger partial charge in [0.1, 0.15) is 5.76 Å². The molecule has 2 rings (SSSR count). The standard InChI is InChI=1S/C15H24N2O3/c1-14(2)5-7-15(19,8-6-14)10-17-13(18)12-4-3-11(9-16)20-12/h3-4,19H,5-10,16H2,1-2H3,(H,17,18). The highest BCUT2D eigenvalue weighted by atomic mass is 16.4. The minimum absolute atomic E-state index is 0.241. The van der Waals surface area contributed by atoms with Crippen molar-refractivity contribution in [1.29, 1.82) is 0 Å². The van der Waals surface area contributed by atoms with Crippen molar-refractivity contribution < 1.29 is 14.3 Å². The molecule has 1 aliphatic carbocycles. The van der Waals surface area contributed by atoms with Crippen LogP contribution in [0.25, 0.3) is 0 Å². The van der Waals surface area contributed by atoms with E-state index in [0.717, 1.165) is 12.8 Å². The van der Waals surface area contributed by atoms with E-state index in [-0.39, 0.29) is 30.2 Å². The molecule has 5 heteroatoms. The molecule has 0 saturated heterocycles. The molecule has 0 spiro atoms. The average molecular weight is 280 g/mol. The molecule has 20 heavy (non-hydrogen) atoms. The van der Waals surface area contributed by atoms with Gasteiger partial charge in [-0.2, -0.15) is 0 Å². The van der Waals surface area contributed by atoms with Crippen molar-refractivity contribution >= 4 is 5.91 Å². The Labute approximate surface area is 119 Å².